The van der Waals surface area contributed by atoms with Gasteiger partial charge in [-0.05, 0) is 0 Å². The van der Waals surface area contributed by atoms with Crippen molar-refractivity contribution in [2.75, 3.05) is 0 Å². The van der Waals surface area contributed by atoms with Crippen LogP contribution in [0.25, 0.3) is 4.96 Å². The Hall–Kier alpha value is -1.23. The molecule has 0 N–H and O–H groups in total. The third kappa shape index (κ3) is 0.848. The SMILES string of the molecule is CC(=O)c1nsc2nccn12. The number of ketones is 1. The van der Waals surface area contributed by atoms with Crippen LogP contribution in [0.2, 0.25) is 0 Å². The first-order valence-electron chi connectivity index (χ1n) is 3.08. The lowest BCUT2D eigenvalue weighted by Gasteiger charge is -1.86. The molecule has 0 saturated heterocycles. The topological polar surface area (TPSA) is 47.3 Å². The highest BCUT2D eigenvalue weighted by Gasteiger charge is 2.08. The number of imidazole rings is 1. The van der Waals surface area contributed by atoms with Crippen LogP contribution in [0.5, 0.6) is 0 Å². The van der Waals surface area contributed by atoms with E-state index >= 15 is 0 Å². The van der Waals surface area contributed by atoms with Gasteiger partial charge in [0.1, 0.15) is 0 Å². The zero-order chi connectivity index (χ0) is 7.84. The molecule has 0 spiro atoms. The molecule has 2 aromatic heterocycles. The molecular weight excluding hydrogens is 162 g/mol. The Morgan fingerprint density at radius 1 is 1.73 bits per heavy atom. The first-order valence-corrected chi connectivity index (χ1v) is 3.86. The molecule has 0 amide bonds. The summed E-state index contributed by atoms with van der Waals surface area (Å²) < 4.78 is 5.63. The van der Waals surface area contributed by atoms with Crippen LogP contribution < -0.4 is 0 Å². The van der Waals surface area contributed by atoms with Gasteiger partial charge in [0.2, 0.25) is 4.96 Å². The van der Waals surface area contributed by atoms with Gasteiger partial charge in [0.15, 0.2) is 11.6 Å². The fraction of sp³-hybridized carbons (Fsp3) is 0.167. The molecule has 2 heterocycles. The number of Topliss-reactive ketones (excluding diaryl/α,β-unsaturated/α-hetero) is 1. The molecule has 0 aliphatic rings. The zero-order valence-electron chi connectivity index (χ0n) is 5.81. The summed E-state index contributed by atoms with van der Waals surface area (Å²) in [6.45, 7) is 1.49. The van der Waals surface area contributed by atoms with E-state index in [1.807, 2.05) is 0 Å². The summed E-state index contributed by atoms with van der Waals surface area (Å²) in [6, 6.07) is 0. The summed E-state index contributed by atoms with van der Waals surface area (Å²) in [5, 5.41) is 0. The molecule has 0 fully saturated rings. The van der Waals surface area contributed by atoms with Gasteiger partial charge in [-0.15, -0.1) is 0 Å². The predicted molar refractivity (Wildman–Crippen MR) is 40.9 cm³/mol. The highest BCUT2D eigenvalue weighted by molar-refractivity contribution is 7.11. The molecule has 56 valence electrons. The van der Waals surface area contributed by atoms with Crippen molar-refractivity contribution in [2.45, 2.75) is 6.92 Å². The number of nitrogens with zero attached hydrogens (tertiary/aromatic N) is 3. The van der Waals surface area contributed by atoms with Crippen LogP contribution in [0.1, 0.15) is 17.5 Å². The second-order valence-corrected chi connectivity index (χ2v) is 2.87. The van der Waals surface area contributed by atoms with Crippen molar-refractivity contribution in [1.29, 1.82) is 0 Å². The number of fused-ring (bicyclic) bond motifs is 1. The fourth-order valence-corrected chi connectivity index (χ4v) is 1.61. The minimum atomic E-state index is -0.0331. The summed E-state index contributed by atoms with van der Waals surface area (Å²) in [4.78, 5) is 15.7. The van der Waals surface area contributed by atoms with Gasteiger partial charge in [0.05, 0.1) is 0 Å². The second kappa shape index (κ2) is 2.13. The molecule has 2 rings (SSSR count). The maximum atomic E-state index is 10.9. The van der Waals surface area contributed by atoms with E-state index in [4.69, 9.17) is 0 Å². The first-order chi connectivity index (χ1) is 5.29. The van der Waals surface area contributed by atoms with Crippen molar-refractivity contribution < 1.29 is 4.79 Å². The molecule has 0 atom stereocenters. The molecule has 0 bridgehead atoms. The van der Waals surface area contributed by atoms with Crippen molar-refractivity contribution in [1.82, 2.24) is 13.8 Å². The Kier molecular flexibility index (Phi) is 1.25. The monoisotopic (exact) mass is 167 g/mol. The second-order valence-electron chi connectivity index (χ2n) is 2.14. The minimum Gasteiger partial charge on any atom is -0.291 e. The largest absolute Gasteiger partial charge is 0.291 e. The third-order valence-corrected chi connectivity index (χ3v) is 2.09. The minimum absolute atomic E-state index is 0.0331. The Morgan fingerprint density at radius 3 is 3.27 bits per heavy atom. The van der Waals surface area contributed by atoms with E-state index in [1.165, 1.54) is 18.5 Å². The van der Waals surface area contributed by atoms with Gasteiger partial charge in [-0.2, -0.15) is 4.37 Å². The molecule has 0 radical (unpaired) electrons. The van der Waals surface area contributed by atoms with Crippen molar-refractivity contribution in [3.8, 4) is 0 Å². The Bertz CT molecular complexity index is 403. The average molecular weight is 167 g/mol. The van der Waals surface area contributed by atoms with Crippen molar-refractivity contribution >= 4 is 22.3 Å². The summed E-state index contributed by atoms with van der Waals surface area (Å²) in [7, 11) is 0. The predicted octanol–water partition coefficient (Wildman–Crippen LogP) is 0.993. The quantitative estimate of drug-likeness (QED) is 0.595. The highest BCUT2D eigenvalue weighted by atomic mass is 32.1. The molecule has 0 unspecified atom stereocenters. The maximum absolute atomic E-state index is 10.9. The van der Waals surface area contributed by atoms with Crippen molar-refractivity contribution in [3.63, 3.8) is 0 Å². The van der Waals surface area contributed by atoms with Crippen molar-refractivity contribution in [3.05, 3.63) is 18.2 Å². The van der Waals surface area contributed by atoms with Crippen LogP contribution in [0.15, 0.2) is 12.4 Å². The molecule has 2 aromatic rings. The van der Waals surface area contributed by atoms with Crippen LogP contribution in [0.4, 0.5) is 0 Å². The lowest BCUT2D eigenvalue weighted by Crippen LogP contribution is -1.98. The molecular formula is C6H5N3OS. The Morgan fingerprint density at radius 2 is 2.55 bits per heavy atom. The van der Waals surface area contributed by atoms with E-state index in [1.54, 1.807) is 16.8 Å². The van der Waals surface area contributed by atoms with Gasteiger partial charge in [-0.1, -0.05) is 0 Å². The van der Waals surface area contributed by atoms with Crippen LogP contribution in [0.3, 0.4) is 0 Å². The maximum Gasteiger partial charge on any atom is 0.213 e. The van der Waals surface area contributed by atoms with E-state index in [0.717, 1.165) is 4.96 Å². The van der Waals surface area contributed by atoms with E-state index < -0.39 is 0 Å². The van der Waals surface area contributed by atoms with Gasteiger partial charge in [0, 0.05) is 30.8 Å². The lowest BCUT2D eigenvalue weighted by molar-refractivity contribution is 0.100. The number of rotatable bonds is 1. The van der Waals surface area contributed by atoms with Crippen LogP contribution in [0, 0.1) is 0 Å². The molecule has 0 aliphatic carbocycles. The van der Waals surface area contributed by atoms with Crippen LogP contribution in [-0.2, 0) is 0 Å². The van der Waals surface area contributed by atoms with Gasteiger partial charge in [-0.25, -0.2) is 4.98 Å². The smallest absolute Gasteiger partial charge is 0.213 e. The van der Waals surface area contributed by atoms with Crippen LogP contribution >= 0.6 is 11.5 Å². The Balaban J connectivity index is 2.78. The molecule has 11 heavy (non-hydrogen) atoms. The summed E-state index contributed by atoms with van der Waals surface area (Å²) >= 11 is 1.23. The van der Waals surface area contributed by atoms with Crippen LogP contribution in [-0.4, -0.2) is 19.5 Å². The van der Waals surface area contributed by atoms with Gasteiger partial charge in [0.25, 0.3) is 0 Å². The third-order valence-electron chi connectivity index (χ3n) is 1.36. The number of hydrogen-bond donors (Lipinski definition) is 0. The normalized spacial score (nSPS) is 10.6. The van der Waals surface area contributed by atoms with Gasteiger partial charge < -0.3 is 0 Å². The highest BCUT2D eigenvalue weighted by Crippen LogP contribution is 2.09. The summed E-state index contributed by atoms with van der Waals surface area (Å²) in [5.41, 5.74) is 0. The Labute approximate surface area is 66.7 Å². The standard InChI is InChI=1S/C6H5N3OS/c1-4(10)5-8-11-6-7-2-3-9(5)6/h2-3H,1H3. The molecule has 4 nitrogen and oxygen atoms in total. The zero-order valence-corrected chi connectivity index (χ0v) is 6.63. The van der Waals surface area contributed by atoms with E-state index in [2.05, 4.69) is 9.36 Å². The van der Waals surface area contributed by atoms with Gasteiger partial charge >= 0.3 is 0 Å². The number of aromatic nitrogens is 3. The van der Waals surface area contributed by atoms with E-state index in [9.17, 15) is 4.79 Å². The van der Waals surface area contributed by atoms with Gasteiger partial charge in [-0.3, -0.25) is 9.20 Å². The molecule has 5 heteroatoms. The number of carbonyl (C=O) groups is 1. The van der Waals surface area contributed by atoms with E-state index in [0.29, 0.717) is 5.82 Å². The molecule has 0 saturated carbocycles. The lowest BCUT2D eigenvalue weighted by atomic mass is 10.4. The first kappa shape index (κ1) is 6.48. The fourth-order valence-electron chi connectivity index (χ4n) is 0.880. The average Bonchev–Trinajstić information content (AvgIpc) is 2.41. The summed E-state index contributed by atoms with van der Waals surface area (Å²) in [5.74, 6) is 0.428. The number of hydrogen-bond acceptors (Lipinski definition) is 4. The molecule has 0 aromatic carbocycles. The number of carbonyl (C=O) groups excluding carboxylic acids is 1. The van der Waals surface area contributed by atoms with Crippen molar-refractivity contribution in [2.24, 2.45) is 0 Å². The molecule has 0 aliphatic heterocycles. The summed E-state index contributed by atoms with van der Waals surface area (Å²) in [6.07, 6.45) is 3.38. The van der Waals surface area contributed by atoms with E-state index in [-0.39, 0.29) is 5.78 Å².